The zero-order valence-corrected chi connectivity index (χ0v) is 6.79. The first-order valence-corrected chi connectivity index (χ1v) is 3.56. The Balaban J connectivity index is 0.000000640. The Morgan fingerprint density at radius 3 is 2.22 bits per heavy atom. The number of rotatable bonds is 2. The summed E-state index contributed by atoms with van der Waals surface area (Å²) < 4.78 is 0. The summed E-state index contributed by atoms with van der Waals surface area (Å²) in [5.41, 5.74) is 5.45. The SMILES string of the molecule is CCC1CC(CN)C1.Cl. The van der Waals surface area contributed by atoms with E-state index in [0.29, 0.717) is 0 Å². The topological polar surface area (TPSA) is 26.0 Å². The molecule has 0 aliphatic heterocycles. The molecular weight excluding hydrogens is 134 g/mol. The van der Waals surface area contributed by atoms with Crippen molar-refractivity contribution >= 4 is 12.4 Å². The van der Waals surface area contributed by atoms with Crippen molar-refractivity contribution in [1.29, 1.82) is 0 Å². The number of halogens is 1. The molecular formula is C7H16ClN. The van der Waals surface area contributed by atoms with Crippen LogP contribution in [-0.2, 0) is 0 Å². The van der Waals surface area contributed by atoms with Crippen LogP contribution in [0.1, 0.15) is 26.2 Å². The second-order valence-electron chi connectivity index (χ2n) is 2.85. The van der Waals surface area contributed by atoms with E-state index in [9.17, 15) is 0 Å². The molecule has 1 aliphatic rings. The van der Waals surface area contributed by atoms with E-state index in [1.807, 2.05) is 0 Å². The van der Waals surface area contributed by atoms with Crippen LogP contribution in [0.3, 0.4) is 0 Å². The highest BCUT2D eigenvalue weighted by Crippen LogP contribution is 2.34. The predicted octanol–water partition coefficient (Wildman–Crippen LogP) is 1.80. The van der Waals surface area contributed by atoms with Crippen molar-refractivity contribution in [3.8, 4) is 0 Å². The summed E-state index contributed by atoms with van der Waals surface area (Å²) in [5, 5.41) is 0. The first-order chi connectivity index (χ1) is 3.86. The fraction of sp³-hybridized carbons (Fsp3) is 1.00. The molecule has 2 N–H and O–H groups in total. The van der Waals surface area contributed by atoms with Gasteiger partial charge >= 0.3 is 0 Å². The maximum atomic E-state index is 5.45. The van der Waals surface area contributed by atoms with Crippen molar-refractivity contribution < 1.29 is 0 Å². The minimum Gasteiger partial charge on any atom is -0.330 e. The summed E-state index contributed by atoms with van der Waals surface area (Å²) in [6, 6.07) is 0. The molecule has 0 radical (unpaired) electrons. The second kappa shape index (κ2) is 4.13. The van der Waals surface area contributed by atoms with E-state index in [2.05, 4.69) is 6.92 Å². The molecule has 2 heteroatoms. The van der Waals surface area contributed by atoms with Crippen molar-refractivity contribution in [2.45, 2.75) is 26.2 Å². The van der Waals surface area contributed by atoms with E-state index in [1.54, 1.807) is 0 Å². The first kappa shape index (κ1) is 9.25. The molecule has 0 aromatic heterocycles. The van der Waals surface area contributed by atoms with Gasteiger partial charge in [-0.2, -0.15) is 0 Å². The molecule has 1 nitrogen and oxygen atoms in total. The Hall–Kier alpha value is 0.250. The van der Waals surface area contributed by atoms with Crippen molar-refractivity contribution in [3.05, 3.63) is 0 Å². The van der Waals surface area contributed by atoms with E-state index in [-0.39, 0.29) is 12.4 Å². The lowest BCUT2D eigenvalue weighted by molar-refractivity contribution is 0.195. The molecule has 0 bridgehead atoms. The maximum Gasteiger partial charge on any atom is -0.00487 e. The Labute approximate surface area is 63.4 Å². The van der Waals surface area contributed by atoms with Crippen LogP contribution in [-0.4, -0.2) is 6.54 Å². The van der Waals surface area contributed by atoms with Gasteiger partial charge in [-0.05, 0) is 31.2 Å². The quantitative estimate of drug-likeness (QED) is 0.637. The van der Waals surface area contributed by atoms with Gasteiger partial charge < -0.3 is 5.73 Å². The second-order valence-corrected chi connectivity index (χ2v) is 2.85. The molecule has 0 spiro atoms. The van der Waals surface area contributed by atoms with E-state index in [4.69, 9.17) is 5.73 Å². The lowest BCUT2D eigenvalue weighted by Gasteiger charge is -2.33. The highest BCUT2D eigenvalue weighted by Gasteiger charge is 2.25. The molecule has 1 saturated carbocycles. The fourth-order valence-electron chi connectivity index (χ4n) is 1.40. The summed E-state index contributed by atoms with van der Waals surface area (Å²) in [6.07, 6.45) is 4.15. The van der Waals surface area contributed by atoms with Gasteiger partial charge in [-0.15, -0.1) is 12.4 Å². The predicted molar refractivity (Wildman–Crippen MR) is 42.8 cm³/mol. The molecule has 1 fully saturated rings. The zero-order chi connectivity index (χ0) is 5.98. The largest absolute Gasteiger partial charge is 0.330 e. The third-order valence-electron chi connectivity index (χ3n) is 2.24. The van der Waals surface area contributed by atoms with Gasteiger partial charge in [-0.3, -0.25) is 0 Å². The highest BCUT2D eigenvalue weighted by atomic mass is 35.5. The number of hydrogen-bond donors (Lipinski definition) is 1. The smallest absolute Gasteiger partial charge is 0.00487 e. The van der Waals surface area contributed by atoms with Gasteiger partial charge in [0, 0.05) is 0 Å². The summed E-state index contributed by atoms with van der Waals surface area (Å²) in [7, 11) is 0. The average Bonchev–Trinajstić information content (AvgIpc) is 1.65. The van der Waals surface area contributed by atoms with Crippen molar-refractivity contribution in [2.24, 2.45) is 17.6 Å². The third-order valence-corrected chi connectivity index (χ3v) is 2.24. The fourth-order valence-corrected chi connectivity index (χ4v) is 1.40. The van der Waals surface area contributed by atoms with Gasteiger partial charge in [-0.25, -0.2) is 0 Å². The molecule has 0 saturated heterocycles. The average molecular weight is 150 g/mol. The van der Waals surface area contributed by atoms with Crippen molar-refractivity contribution in [2.75, 3.05) is 6.54 Å². The van der Waals surface area contributed by atoms with Gasteiger partial charge in [0.2, 0.25) is 0 Å². The summed E-state index contributed by atoms with van der Waals surface area (Å²) in [4.78, 5) is 0. The molecule has 9 heavy (non-hydrogen) atoms. The van der Waals surface area contributed by atoms with Gasteiger partial charge in [0.25, 0.3) is 0 Å². The minimum atomic E-state index is 0. The standard InChI is InChI=1S/C7H15N.ClH/c1-2-6-3-7(4-6)5-8;/h6-7H,2-5,8H2,1H3;1H. The Kier molecular flexibility index (Phi) is 4.24. The van der Waals surface area contributed by atoms with Gasteiger partial charge in [-0.1, -0.05) is 13.3 Å². The molecule has 56 valence electrons. The van der Waals surface area contributed by atoms with Gasteiger partial charge in [0.1, 0.15) is 0 Å². The zero-order valence-electron chi connectivity index (χ0n) is 5.97. The highest BCUT2D eigenvalue weighted by molar-refractivity contribution is 5.85. The summed E-state index contributed by atoms with van der Waals surface area (Å²) in [5.74, 6) is 1.89. The Bertz CT molecular complexity index is 61.3. The maximum absolute atomic E-state index is 5.45. The van der Waals surface area contributed by atoms with E-state index in [0.717, 1.165) is 18.4 Å². The molecule has 0 amide bonds. The van der Waals surface area contributed by atoms with Crippen LogP contribution in [0.25, 0.3) is 0 Å². The molecule has 0 aromatic rings. The van der Waals surface area contributed by atoms with Crippen molar-refractivity contribution in [1.82, 2.24) is 0 Å². The van der Waals surface area contributed by atoms with Crippen LogP contribution in [0.5, 0.6) is 0 Å². The van der Waals surface area contributed by atoms with Crippen LogP contribution >= 0.6 is 12.4 Å². The lowest BCUT2D eigenvalue weighted by atomic mass is 9.74. The minimum absolute atomic E-state index is 0. The summed E-state index contributed by atoms with van der Waals surface area (Å²) in [6.45, 7) is 3.17. The van der Waals surface area contributed by atoms with Crippen LogP contribution in [0.15, 0.2) is 0 Å². The molecule has 0 atom stereocenters. The van der Waals surface area contributed by atoms with Gasteiger partial charge in [0.15, 0.2) is 0 Å². The normalized spacial score (nSPS) is 32.7. The van der Waals surface area contributed by atoms with E-state index < -0.39 is 0 Å². The van der Waals surface area contributed by atoms with Crippen LogP contribution in [0.4, 0.5) is 0 Å². The third kappa shape index (κ3) is 2.15. The van der Waals surface area contributed by atoms with E-state index >= 15 is 0 Å². The molecule has 0 heterocycles. The summed E-state index contributed by atoms with van der Waals surface area (Å²) >= 11 is 0. The van der Waals surface area contributed by atoms with Crippen LogP contribution < -0.4 is 5.73 Å². The van der Waals surface area contributed by atoms with Crippen LogP contribution in [0, 0.1) is 11.8 Å². The lowest BCUT2D eigenvalue weighted by Crippen LogP contribution is -2.29. The number of hydrogen-bond acceptors (Lipinski definition) is 1. The monoisotopic (exact) mass is 149 g/mol. The Morgan fingerprint density at radius 2 is 1.89 bits per heavy atom. The Morgan fingerprint density at radius 1 is 1.33 bits per heavy atom. The molecule has 0 unspecified atom stereocenters. The van der Waals surface area contributed by atoms with Crippen LogP contribution in [0.2, 0.25) is 0 Å². The molecule has 1 rings (SSSR count). The molecule has 1 aliphatic carbocycles. The number of nitrogens with two attached hydrogens (primary N) is 1. The van der Waals surface area contributed by atoms with Crippen molar-refractivity contribution in [3.63, 3.8) is 0 Å². The van der Waals surface area contributed by atoms with E-state index in [1.165, 1.54) is 19.3 Å². The van der Waals surface area contributed by atoms with Gasteiger partial charge in [0.05, 0.1) is 0 Å². The first-order valence-electron chi connectivity index (χ1n) is 3.56. The molecule has 0 aromatic carbocycles.